The van der Waals surface area contributed by atoms with Gasteiger partial charge in [0.15, 0.2) is 6.10 Å². The Morgan fingerprint density at radius 2 is 1.70 bits per heavy atom. The Kier molecular flexibility index (Phi) is 5.88. The molecule has 7 heteroatoms. The van der Waals surface area contributed by atoms with Crippen molar-refractivity contribution in [1.29, 1.82) is 0 Å². The van der Waals surface area contributed by atoms with Crippen molar-refractivity contribution >= 4 is 23.7 Å². The number of amides is 3. The minimum atomic E-state index is -0.893. The van der Waals surface area contributed by atoms with Crippen LogP contribution >= 0.6 is 0 Å². The Morgan fingerprint density at radius 3 is 2.37 bits per heavy atom. The van der Waals surface area contributed by atoms with Gasteiger partial charge in [-0.15, -0.1) is 0 Å². The van der Waals surface area contributed by atoms with E-state index in [2.05, 4.69) is 6.07 Å². The van der Waals surface area contributed by atoms with Gasteiger partial charge in [0.25, 0.3) is 5.91 Å². The monoisotopic (exact) mass is 412 g/mol. The molecule has 0 N–H and O–H groups in total. The second kappa shape index (κ2) is 8.58. The minimum Gasteiger partial charge on any atom is -0.452 e. The summed E-state index contributed by atoms with van der Waals surface area (Å²) < 4.78 is 5.32. The summed E-state index contributed by atoms with van der Waals surface area (Å²) in [6.45, 7) is 2.71. The zero-order valence-electron chi connectivity index (χ0n) is 17.3. The summed E-state index contributed by atoms with van der Waals surface area (Å²) >= 11 is 0. The highest BCUT2D eigenvalue weighted by atomic mass is 16.5. The molecule has 1 aromatic rings. The van der Waals surface area contributed by atoms with Crippen molar-refractivity contribution in [2.24, 2.45) is 11.8 Å². The Morgan fingerprint density at radius 1 is 1.07 bits per heavy atom. The van der Waals surface area contributed by atoms with Crippen LogP contribution in [0.4, 0.5) is 0 Å². The fraction of sp³-hybridized carbons (Fsp3) is 0.565. The van der Waals surface area contributed by atoms with E-state index in [9.17, 15) is 19.2 Å². The van der Waals surface area contributed by atoms with Gasteiger partial charge in [0.2, 0.25) is 11.8 Å². The van der Waals surface area contributed by atoms with Crippen molar-refractivity contribution in [3.05, 3.63) is 35.4 Å². The van der Waals surface area contributed by atoms with Crippen LogP contribution in [0.2, 0.25) is 0 Å². The first-order valence-corrected chi connectivity index (χ1v) is 10.9. The molecule has 1 saturated carbocycles. The fourth-order valence-corrected chi connectivity index (χ4v) is 4.90. The van der Waals surface area contributed by atoms with Crippen LogP contribution < -0.4 is 0 Å². The van der Waals surface area contributed by atoms with Gasteiger partial charge in [-0.3, -0.25) is 24.1 Å². The lowest BCUT2D eigenvalue weighted by molar-refractivity contribution is -0.160. The molecule has 0 spiro atoms. The van der Waals surface area contributed by atoms with Gasteiger partial charge in [-0.2, -0.15) is 0 Å². The maximum atomic E-state index is 12.7. The molecule has 0 aromatic heterocycles. The average molecular weight is 412 g/mol. The van der Waals surface area contributed by atoms with Gasteiger partial charge in [-0.25, -0.2) is 0 Å². The molecule has 1 saturated heterocycles. The van der Waals surface area contributed by atoms with Crippen molar-refractivity contribution in [3.8, 4) is 0 Å². The molecule has 0 unspecified atom stereocenters. The second-order valence-corrected chi connectivity index (χ2v) is 8.49. The zero-order chi connectivity index (χ0) is 21.3. The maximum absolute atomic E-state index is 12.7. The van der Waals surface area contributed by atoms with Crippen LogP contribution in [0.25, 0.3) is 0 Å². The SMILES string of the molecule is C[C@H](OC(=O)CCN1C(=O)[C@@H]2CCCC[C@H]2C1=O)C(=O)N1CCc2ccccc2C1. The molecular formula is C23H28N2O5. The maximum Gasteiger partial charge on any atom is 0.308 e. The Hall–Kier alpha value is -2.70. The lowest BCUT2D eigenvalue weighted by Crippen LogP contribution is -2.43. The second-order valence-electron chi connectivity index (χ2n) is 8.49. The summed E-state index contributed by atoms with van der Waals surface area (Å²) in [5, 5.41) is 0. The van der Waals surface area contributed by atoms with E-state index < -0.39 is 12.1 Å². The molecule has 1 aliphatic carbocycles. The molecule has 2 aliphatic heterocycles. The molecule has 160 valence electrons. The van der Waals surface area contributed by atoms with Gasteiger partial charge in [-0.05, 0) is 37.3 Å². The number of rotatable bonds is 5. The predicted octanol–water partition coefficient (Wildman–Crippen LogP) is 2.07. The number of carbonyl (C=O) groups is 4. The normalized spacial score (nSPS) is 24.3. The predicted molar refractivity (Wildman–Crippen MR) is 108 cm³/mol. The van der Waals surface area contributed by atoms with Crippen LogP contribution in [0.3, 0.4) is 0 Å². The third-order valence-corrected chi connectivity index (χ3v) is 6.57. The summed E-state index contributed by atoms with van der Waals surface area (Å²) in [6, 6.07) is 8.02. The minimum absolute atomic E-state index is 0.0293. The van der Waals surface area contributed by atoms with E-state index in [1.165, 1.54) is 10.5 Å². The molecule has 30 heavy (non-hydrogen) atoms. The third-order valence-electron chi connectivity index (χ3n) is 6.57. The standard InChI is InChI=1S/C23H28N2O5/c1-15(21(27)24-12-10-16-6-2-3-7-17(16)14-24)30-20(26)11-13-25-22(28)18-8-4-5-9-19(18)23(25)29/h2-3,6-7,15,18-19H,4-5,8-14H2,1H3/t15-,18+,19+/m0/s1. The molecule has 3 aliphatic rings. The van der Waals surface area contributed by atoms with Crippen molar-refractivity contribution in [2.75, 3.05) is 13.1 Å². The van der Waals surface area contributed by atoms with Crippen LogP contribution in [0.1, 0.15) is 50.2 Å². The van der Waals surface area contributed by atoms with Crippen LogP contribution in [-0.4, -0.2) is 52.7 Å². The fourth-order valence-electron chi connectivity index (χ4n) is 4.90. The van der Waals surface area contributed by atoms with E-state index in [1.807, 2.05) is 18.2 Å². The smallest absolute Gasteiger partial charge is 0.308 e. The third kappa shape index (κ3) is 3.98. The average Bonchev–Trinajstić information content (AvgIpc) is 3.01. The molecule has 4 rings (SSSR count). The van der Waals surface area contributed by atoms with E-state index in [0.29, 0.717) is 13.1 Å². The molecular weight excluding hydrogens is 384 g/mol. The molecule has 0 radical (unpaired) electrons. The number of fused-ring (bicyclic) bond motifs is 2. The van der Waals surface area contributed by atoms with Gasteiger partial charge in [-0.1, -0.05) is 37.1 Å². The number of benzene rings is 1. The van der Waals surface area contributed by atoms with E-state index in [-0.39, 0.29) is 42.5 Å². The summed E-state index contributed by atoms with van der Waals surface area (Å²) in [6.07, 6.45) is 3.24. The van der Waals surface area contributed by atoms with Crippen molar-refractivity contribution in [3.63, 3.8) is 0 Å². The van der Waals surface area contributed by atoms with Gasteiger partial charge >= 0.3 is 5.97 Å². The van der Waals surface area contributed by atoms with E-state index in [0.717, 1.165) is 37.7 Å². The number of nitrogens with zero attached hydrogens (tertiary/aromatic N) is 2. The first kappa shape index (κ1) is 20.6. The number of imide groups is 1. The van der Waals surface area contributed by atoms with Crippen molar-refractivity contribution in [1.82, 2.24) is 9.80 Å². The summed E-state index contributed by atoms with van der Waals surface area (Å²) in [5.74, 6) is -1.54. The summed E-state index contributed by atoms with van der Waals surface area (Å²) in [7, 11) is 0. The molecule has 3 amide bonds. The zero-order valence-corrected chi connectivity index (χ0v) is 17.3. The summed E-state index contributed by atoms with van der Waals surface area (Å²) in [4.78, 5) is 52.9. The first-order valence-electron chi connectivity index (χ1n) is 10.9. The van der Waals surface area contributed by atoms with Crippen LogP contribution in [0, 0.1) is 11.8 Å². The van der Waals surface area contributed by atoms with E-state index >= 15 is 0 Å². The quantitative estimate of drug-likeness (QED) is 0.546. The first-order chi connectivity index (χ1) is 14.5. The van der Waals surface area contributed by atoms with Gasteiger partial charge in [0.05, 0.1) is 18.3 Å². The number of hydrogen-bond donors (Lipinski definition) is 0. The van der Waals surface area contributed by atoms with E-state index in [1.54, 1.807) is 11.8 Å². The lowest BCUT2D eigenvalue weighted by atomic mass is 9.81. The van der Waals surface area contributed by atoms with Crippen molar-refractivity contribution < 1.29 is 23.9 Å². The summed E-state index contributed by atoms with van der Waals surface area (Å²) in [5.41, 5.74) is 2.36. The Labute approximate surface area is 176 Å². The molecule has 3 atom stereocenters. The molecule has 1 aromatic carbocycles. The molecule has 2 fully saturated rings. The largest absolute Gasteiger partial charge is 0.452 e. The Balaban J connectivity index is 1.27. The highest BCUT2D eigenvalue weighted by molar-refractivity contribution is 6.05. The number of likely N-dealkylation sites (tertiary alicyclic amines) is 1. The number of hydrogen-bond acceptors (Lipinski definition) is 5. The van der Waals surface area contributed by atoms with Crippen molar-refractivity contribution in [2.45, 2.75) is 58.1 Å². The van der Waals surface area contributed by atoms with Crippen LogP contribution in [0.5, 0.6) is 0 Å². The van der Waals surface area contributed by atoms with Gasteiger partial charge < -0.3 is 9.64 Å². The molecule has 7 nitrogen and oxygen atoms in total. The number of carbonyl (C=O) groups excluding carboxylic acids is 4. The molecule has 2 heterocycles. The topological polar surface area (TPSA) is 84.0 Å². The van der Waals surface area contributed by atoms with Gasteiger partial charge in [0.1, 0.15) is 0 Å². The highest BCUT2D eigenvalue weighted by Crippen LogP contribution is 2.38. The van der Waals surface area contributed by atoms with E-state index in [4.69, 9.17) is 4.74 Å². The Bertz CT molecular complexity index is 843. The number of esters is 1. The number of ether oxygens (including phenoxy) is 1. The van der Waals surface area contributed by atoms with Crippen LogP contribution in [-0.2, 0) is 36.9 Å². The van der Waals surface area contributed by atoms with Crippen LogP contribution in [0.15, 0.2) is 24.3 Å². The van der Waals surface area contributed by atoms with Gasteiger partial charge in [0, 0.05) is 19.6 Å². The molecule has 0 bridgehead atoms. The lowest BCUT2D eigenvalue weighted by Gasteiger charge is -2.30. The highest BCUT2D eigenvalue weighted by Gasteiger charge is 2.47.